The summed E-state index contributed by atoms with van der Waals surface area (Å²) in [6, 6.07) is 11.0. The number of aliphatic imine (C=N–C) groups is 1. The van der Waals surface area contributed by atoms with Gasteiger partial charge in [0.05, 0.1) is 25.4 Å². The van der Waals surface area contributed by atoms with Crippen LogP contribution < -0.4 is 5.32 Å². The lowest BCUT2D eigenvalue weighted by atomic mass is 10.1. The molecular weight excluding hydrogens is 388 g/mol. The fraction of sp³-hybridized carbons (Fsp3) is 0.720. The van der Waals surface area contributed by atoms with Crippen LogP contribution in [0.3, 0.4) is 0 Å². The molecule has 174 valence electrons. The Labute approximate surface area is 189 Å². The Balaban J connectivity index is 1.43. The van der Waals surface area contributed by atoms with Crippen LogP contribution in [0.1, 0.15) is 51.5 Å². The summed E-state index contributed by atoms with van der Waals surface area (Å²) in [6.07, 6.45) is 6.38. The van der Waals surface area contributed by atoms with Gasteiger partial charge in [-0.3, -0.25) is 9.89 Å². The largest absolute Gasteiger partial charge is 0.376 e. The van der Waals surface area contributed by atoms with Gasteiger partial charge in [0.25, 0.3) is 0 Å². The second-order valence-electron chi connectivity index (χ2n) is 8.95. The molecule has 2 aliphatic rings. The summed E-state index contributed by atoms with van der Waals surface area (Å²) >= 11 is 0. The second-order valence-corrected chi connectivity index (χ2v) is 8.95. The number of rotatable bonds is 9. The van der Waals surface area contributed by atoms with Crippen LogP contribution in [0.4, 0.5) is 0 Å². The van der Waals surface area contributed by atoms with Gasteiger partial charge in [-0.05, 0) is 58.6 Å². The predicted molar refractivity (Wildman–Crippen MR) is 127 cm³/mol. The molecule has 1 N–H and O–H groups in total. The summed E-state index contributed by atoms with van der Waals surface area (Å²) in [6.45, 7) is 10.7. The van der Waals surface area contributed by atoms with Crippen LogP contribution in [-0.4, -0.2) is 80.4 Å². The van der Waals surface area contributed by atoms with E-state index in [2.05, 4.69) is 66.3 Å². The Morgan fingerprint density at radius 3 is 2.68 bits per heavy atom. The normalized spacial score (nSPS) is 22.0. The van der Waals surface area contributed by atoms with Gasteiger partial charge in [0, 0.05) is 38.8 Å². The van der Waals surface area contributed by atoms with Crippen LogP contribution >= 0.6 is 0 Å². The SMILES string of the molecule is CCNC(=NCC(C)N(C)Cc1ccccc1)N1CCC(OCC2CCCCO2)CC1. The summed E-state index contributed by atoms with van der Waals surface area (Å²) in [5.41, 5.74) is 1.34. The smallest absolute Gasteiger partial charge is 0.193 e. The van der Waals surface area contributed by atoms with Gasteiger partial charge >= 0.3 is 0 Å². The maximum Gasteiger partial charge on any atom is 0.193 e. The maximum atomic E-state index is 6.18. The van der Waals surface area contributed by atoms with Crippen LogP contribution in [0.5, 0.6) is 0 Å². The molecule has 2 atom stereocenters. The minimum absolute atomic E-state index is 0.306. The Bertz CT molecular complexity index is 640. The molecule has 1 aromatic carbocycles. The van der Waals surface area contributed by atoms with Crippen molar-refractivity contribution in [1.82, 2.24) is 15.1 Å². The van der Waals surface area contributed by atoms with Crippen molar-refractivity contribution in [2.45, 2.75) is 70.7 Å². The van der Waals surface area contributed by atoms with Crippen molar-refractivity contribution >= 4 is 5.96 Å². The first-order valence-electron chi connectivity index (χ1n) is 12.2. The van der Waals surface area contributed by atoms with E-state index in [9.17, 15) is 0 Å². The summed E-state index contributed by atoms with van der Waals surface area (Å²) in [4.78, 5) is 9.74. The highest BCUT2D eigenvalue weighted by molar-refractivity contribution is 5.80. The number of likely N-dealkylation sites (tertiary alicyclic amines) is 1. The summed E-state index contributed by atoms with van der Waals surface area (Å²) in [5.74, 6) is 1.04. The van der Waals surface area contributed by atoms with Crippen molar-refractivity contribution in [3.8, 4) is 0 Å². The Hall–Kier alpha value is -1.63. The fourth-order valence-corrected chi connectivity index (χ4v) is 4.23. The first-order chi connectivity index (χ1) is 15.2. The van der Waals surface area contributed by atoms with E-state index >= 15 is 0 Å². The molecule has 2 heterocycles. The number of hydrogen-bond donors (Lipinski definition) is 1. The van der Waals surface area contributed by atoms with Crippen molar-refractivity contribution in [2.24, 2.45) is 4.99 Å². The molecule has 0 amide bonds. The molecule has 3 rings (SSSR count). The van der Waals surface area contributed by atoms with E-state index in [0.717, 1.165) is 71.2 Å². The van der Waals surface area contributed by atoms with Crippen LogP contribution in [-0.2, 0) is 16.0 Å². The molecule has 0 bridgehead atoms. The lowest BCUT2D eigenvalue weighted by molar-refractivity contribution is -0.0721. The third kappa shape index (κ3) is 8.09. The van der Waals surface area contributed by atoms with Gasteiger partial charge in [-0.15, -0.1) is 0 Å². The van der Waals surface area contributed by atoms with E-state index in [1.165, 1.54) is 18.4 Å². The highest BCUT2D eigenvalue weighted by Crippen LogP contribution is 2.18. The number of nitrogens with zero attached hydrogens (tertiary/aromatic N) is 3. The Morgan fingerprint density at radius 1 is 1.23 bits per heavy atom. The van der Waals surface area contributed by atoms with Gasteiger partial charge in [-0.25, -0.2) is 0 Å². The quantitative estimate of drug-likeness (QED) is 0.480. The summed E-state index contributed by atoms with van der Waals surface area (Å²) in [5, 5.41) is 3.49. The van der Waals surface area contributed by atoms with E-state index in [-0.39, 0.29) is 0 Å². The molecule has 0 aliphatic carbocycles. The molecule has 6 nitrogen and oxygen atoms in total. The summed E-state index contributed by atoms with van der Waals surface area (Å²) < 4.78 is 12.0. The van der Waals surface area contributed by atoms with E-state index in [1.54, 1.807) is 0 Å². The van der Waals surface area contributed by atoms with E-state index in [4.69, 9.17) is 14.5 Å². The van der Waals surface area contributed by atoms with Gasteiger partial charge < -0.3 is 19.7 Å². The molecule has 1 aromatic rings. The lowest BCUT2D eigenvalue weighted by Crippen LogP contribution is -2.47. The van der Waals surface area contributed by atoms with Crippen molar-refractivity contribution in [2.75, 3.05) is 46.4 Å². The van der Waals surface area contributed by atoms with Gasteiger partial charge in [0.2, 0.25) is 0 Å². The number of piperidine rings is 1. The molecule has 2 aliphatic heterocycles. The number of benzene rings is 1. The van der Waals surface area contributed by atoms with E-state index in [1.807, 2.05) is 0 Å². The van der Waals surface area contributed by atoms with Crippen LogP contribution in [0, 0.1) is 0 Å². The van der Waals surface area contributed by atoms with E-state index < -0.39 is 0 Å². The number of ether oxygens (including phenoxy) is 2. The van der Waals surface area contributed by atoms with Crippen molar-refractivity contribution in [3.63, 3.8) is 0 Å². The standard InChI is InChI=1S/C25H42N4O2/c1-4-26-25(27-18-21(2)28(3)19-22-10-6-5-7-11-22)29-15-13-23(14-16-29)31-20-24-12-8-9-17-30-24/h5-7,10-11,21,23-24H,4,8-9,12-20H2,1-3H3,(H,26,27). The predicted octanol–water partition coefficient (Wildman–Crippen LogP) is 3.52. The molecule has 0 aromatic heterocycles. The molecule has 31 heavy (non-hydrogen) atoms. The molecule has 2 unspecified atom stereocenters. The molecule has 6 heteroatoms. The maximum absolute atomic E-state index is 6.18. The fourth-order valence-electron chi connectivity index (χ4n) is 4.23. The first-order valence-corrected chi connectivity index (χ1v) is 12.2. The average molecular weight is 431 g/mol. The lowest BCUT2D eigenvalue weighted by Gasteiger charge is -2.35. The van der Waals surface area contributed by atoms with Gasteiger partial charge in [0.15, 0.2) is 5.96 Å². The molecule has 2 fully saturated rings. The monoisotopic (exact) mass is 430 g/mol. The van der Waals surface area contributed by atoms with Crippen LogP contribution in [0.2, 0.25) is 0 Å². The number of hydrogen-bond acceptors (Lipinski definition) is 4. The second kappa shape index (κ2) is 13.0. The number of likely N-dealkylation sites (N-methyl/N-ethyl adjacent to an activating group) is 1. The van der Waals surface area contributed by atoms with Gasteiger partial charge in [-0.2, -0.15) is 0 Å². The molecule has 0 spiro atoms. The zero-order valence-electron chi connectivity index (χ0n) is 19.8. The van der Waals surface area contributed by atoms with Crippen LogP contribution in [0.25, 0.3) is 0 Å². The Kier molecular flexibility index (Phi) is 10.1. The highest BCUT2D eigenvalue weighted by atomic mass is 16.5. The zero-order valence-corrected chi connectivity index (χ0v) is 19.8. The molecule has 0 saturated carbocycles. The highest BCUT2D eigenvalue weighted by Gasteiger charge is 2.24. The Morgan fingerprint density at radius 2 is 2.00 bits per heavy atom. The topological polar surface area (TPSA) is 49.3 Å². The minimum atomic E-state index is 0.306. The average Bonchev–Trinajstić information content (AvgIpc) is 2.82. The van der Waals surface area contributed by atoms with Gasteiger partial charge in [-0.1, -0.05) is 30.3 Å². The van der Waals surface area contributed by atoms with Crippen molar-refractivity contribution < 1.29 is 9.47 Å². The van der Waals surface area contributed by atoms with E-state index in [0.29, 0.717) is 18.2 Å². The summed E-state index contributed by atoms with van der Waals surface area (Å²) in [7, 11) is 2.18. The number of guanidine groups is 1. The molecule has 2 saturated heterocycles. The minimum Gasteiger partial charge on any atom is -0.376 e. The third-order valence-corrected chi connectivity index (χ3v) is 6.40. The van der Waals surface area contributed by atoms with Crippen molar-refractivity contribution in [1.29, 1.82) is 0 Å². The van der Waals surface area contributed by atoms with Crippen LogP contribution in [0.15, 0.2) is 35.3 Å². The van der Waals surface area contributed by atoms with Crippen molar-refractivity contribution in [3.05, 3.63) is 35.9 Å². The zero-order chi connectivity index (χ0) is 21.9. The van der Waals surface area contributed by atoms with Gasteiger partial charge in [0.1, 0.15) is 0 Å². The first kappa shape index (κ1) is 24.0. The third-order valence-electron chi connectivity index (χ3n) is 6.40. The molecular formula is C25H42N4O2. The number of nitrogens with one attached hydrogen (secondary N) is 1. The molecule has 0 radical (unpaired) electrons.